The molecule has 3 heteroatoms. The van der Waals surface area contributed by atoms with Crippen molar-refractivity contribution in [1.82, 2.24) is 10.3 Å². The van der Waals surface area contributed by atoms with Gasteiger partial charge in [0.15, 0.2) is 0 Å². The van der Waals surface area contributed by atoms with Crippen LogP contribution in [0.15, 0.2) is 0 Å². The number of hydrogen-bond donors (Lipinski definition) is 1. The van der Waals surface area contributed by atoms with Crippen LogP contribution >= 0.6 is 11.3 Å². The van der Waals surface area contributed by atoms with Crippen molar-refractivity contribution in [2.45, 2.75) is 84.7 Å². The lowest BCUT2D eigenvalue weighted by atomic mass is 9.64. The molecule has 1 fully saturated rings. The molecular weight excluding hydrogens is 276 g/mol. The van der Waals surface area contributed by atoms with Crippen LogP contribution in [0.5, 0.6) is 0 Å². The predicted molar refractivity (Wildman–Crippen MR) is 90.9 cm³/mol. The zero-order valence-electron chi connectivity index (χ0n) is 14.3. The first-order valence-electron chi connectivity index (χ1n) is 8.59. The van der Waals surface area contributed by atoms with Crippen LogP contribution in [0.25, 0.3) is 0 Å². The Labute approximate surface area is 133 Å². The highest BCUT2D eigenvalue weighted by Gasteiger charge is 2.47. The third-order valence-electron chi connectivity index (χ3n) is 5.42. The van der Waals surface area contributed by atoms with E-state index in [1.165, 1.54) is 49.2 Å². The standard InChI is InChI=1S/C18H30N2S/c1-12(2)20-18(10-9-17(4,5)11-13(18)3)16-19-14-7-6-8-15(14)21-16/h12-13,20H,6-11H2,1-5H3. The van der Waals surface area contributed by atoms with Gasteiger partial charge in [0, 0.05) is 10.9 Å². The van der Waals surface area contributed by atoms with Gasteiger partial charge in [0.1, 0.15) is 5.01 Å². The largest absolute Gasteiger partial charge is 0.303 e. The van der Waals surface area contributed by atoms with Gasteiger partial charge in [-0.05, 0) is 63.7 Å². The molecule has 2 aliphatic carbocycles. The molecule has 0 aliphatic heterocycles. The number of aromatic nitrogens is 1. The summed E-state index contributed by atoms with van der Waals surface area (Å²) in [7, 11) is 0. The summed E-state index contributed by atoms with van der Waals surface area (Å²) in [6, 6.07) is 0.507. The zero-order chi connectivity index (χ0) is 15.3. The van der Waals surface area contributed by atoms with Crippen LogP contribution in [0.3, 0.4) is 0 Å². The number of nitrogens with zero attached hydrogens (tertiary/aromatic N) is 1. The number of hydrogen-bond acceptors (Lipinski definition) is 3. The summed E-state index contributed by atoms with van der Waals surface area (Å²) >= 11 is 2.00. The monoisotopic (exact) mass is 306 g/mol. The van der Waals surface area contributed by atoms with Crippen LogP contribution in [0.4, 0.5) is 0 Å². The molecule has 0 amide bonds. The van der Waals surface area contributed by atoms with Crippen molar-refractivity contribution in [3.8, 4) is 0 Å². The number of fused-ring (bicyclic) bond motifs is 1. The molecule has 0 aromatic carbocycles. The molecule has 118 valence electrons. The quantitative estimate of drug-likeness (QED) is 0.877. The van der Waals surface area contributed by atoms with Crippen molar-refractivity contribution in [3.63, 3.8) is 0 Å². The van der Waals surface area contributed by atoms with Crippen LogP contribution in [0.1, 0.15) is 75.9 Å². The van der Waals surface area contributed by atoms with E-state index in [4.69, 9.17) is 4.98 Å². The van der Waals surface area contributed by atoms with Gasteiger partial charge >= 0.3 is 0 Å². The second kappa shape index (κ2) is 5.34. The number of nitrogens with one attached hydrogen (secondary N) is 1. The maximum atomic E-state index is 5.09. The van der Waals surface area contributed by atoms with Crippen LogP contribution in [-0.2, 0) is 18.4 Å². The third kappa shape index (κ3) is 2.79. The van der Waals surface area contributed by atoms with E-state index in [0.717, 1.165) is 0 Å². The normalized spacial score (nSPS) is 31.6. The Morgan fingerprint density at radius 3 is 2.62 bits per heavy atom. The predicted octanol–water partition coefficient (Wildman–Crippen LogP) is 4.67. The fourth-order valence-corrected chi connectivity index (χ4v) is 5.82. The van der Waals surface area contributed by atoms with Crippen molar-refractivity contribution in [2.75, 3.05) is 0 Å². The summed E-state index contributed by atoms with van der Waals surface area (Å²) in [6.45, 7) is 11.8. The fourth-order valence-electron chi connectivity index (χ4n) is 4.38. The average Bonchev–Trinajstić information content (AvgIpc) is 2.92. The number of aryl methyl sites for hydroxylation is 2. The first-order chi connectivity index (χ1) is 9.82. The maximum Gasteiger partial charge on any atom is 0.114 e. The Hall–Kier alpha value is -0.410. The topological polar surface area (TPSA) is 24.9 Å². The summed E-state index contributed by atoms with van der Waals surface area (Å²) in [5.74, 6) is 0.648. The van der Waals surface area contributed by atoms with Gasteiger partial charge < -0.3 is 5.32 Å². The van der Waals surface area contributed by atoms with E-state index in [1.807, 2.05) is 11.3 Å². The molecule has 1 N–H and O–H groups in total. The minimum Gasteiger partial charge on any atom is -0.303 e. The molecule has 1 aromatic heterocycles. The van der Waals surface area contributed by atoms with E-state index in [2.05, 4.69) is 39.9 Å². The minimum atomic E-state index is 0.110. The number of thiazole rings is 1. The Kier molecular flexibility index (Phi) is 3.94. The van der Waals surface area contributed by atoms with E-state index >= 15 is 0 Å². The Bertz CT molecular complexity index is 496. The van der Waals surface area contributed by atoms with Gasteiger partial charge in [-0.15, -0.1) is 11.3 Å². The Morgan fingerprint density at radius 2 is 2.00 bits per heavy atom. The zero-order valence-corrected chi connectivity index (χ0v) is 15.1. The van der Waals surface area contributed by atoms with Crippen LogP contribution in [0, 0.1) is 11.3 Å². The van der Waals surface area contributed by atoms with Crippen molar-refractivity contribution in [2.24, 2.45) is 11.3 Å². The Morgan fingerprint density at radius 1 is 1.24 bits per heavy atom. The SMILES string of the molecule is CC(C)NC1(c2nc3c(s2)CCC3)CCC(C)(C)CC1C. The van der Waals surface area contributed by atoms with Gasteiger partial charge in [0.05, 0.1) is 11.2 Å². The lowest BCUT2D eigenvalue weighted by Crippen LogP contribution is -2.54. The molecule has 0 bridgehead atoms. The third-order valence-corrected chi connectivity index (χ3v) is 6.75. The highest BCUT2D eigenvalue weighted by molar-refractivity contribution is 7.12. The highest BCUT2D eigenvalue weighted by atomic mass is 32.1. The molecule has 21 heavy (non-hydrogen) atoms. The van der Waals surface area contributed by atoms with Gasteiger partial charge in [-0.3, -0.25) is 0 Å². The molecule has 0 saturated heterocycles. The Balaban J connectivity index is 1.96. The number of rotatable bonds is 3. The molecule has 1 heterocycles. The van der Waals surface area contributed by atoms with Gasteiger partial charge in [-0.2, -0.15) is 0 Å². The summed E-state index contributed by atoms with van der Waals surface area (Å²) in [5.41, 5.74) is 1.98. The molecule has 1 saturated carbocycles. The fraction of sp³-hybridized carbons (Fsp3) is 0.833. The molecular formula is C18H30N2S. The first-order valence-corrected chi connectivity index (χ1v) is 9.41. The molecule has 3 rings (SSSR count). The second-order valence-electron chi connectivity index (χ2n) is 8.28. The average molecular weight is 307 g/mol. The highest BCUT2D eigenvalue weighted by Crippen LogP contribution is 2.50. The van der Waals surface area contributed by atoms with Crippen molar-refractivity contribution in [1.29, 1.82) is 0 Å². The maximum absolute atomic E-state index is 5.09. The summed E-state index contributed by atoms with van der Waals surface area (Å²) < 4.78 is 0. The second-order valence-corrected chi connectivity index (χ2v) is 9.37. The van der Waals surface area contributed by atoms with Crippen molar-refractivity contribution >= 4 is 11.3 Å². The molecule has 2 atom stereocenters. The molecule has 2 nitrogen and oxygen atoms in total. The lowest BCUT2D eigenvalue weighted by molar-refractivity contribution is 0.0648. The van der Waals surface area contributed by atoms with Gasteiger partial charge in [-0.25, -0.2) is 4.98 Å². The van der Waals surface area contributed by atoms with E-state index in [-0.39, 0.29) is 5.54 Å². The van der Waals surface area contributed by atoms with Crippen LogP contribution in [-0.4, -0.2) is 11.0 Å². The van der Waals surface area contributed by atoms with Crippen LogP contribution in [0.2, 0.25) is 0 Å². The van der Waals surface area contributed by atoms with Gasteiger partial charge in [0.25, 0.3) is 0 Å². The van der Waals surface area contributed by atoms with Crippen molar-refractivity contribution in [3.05, 3.63) is 15.6 Å². The molecule has 2 unspecified atom stereocenters. The molecule has 2 aliphatic rings. The van der Waals surface area contributed by atoms with Gasteiger partial charge in [-0.1, -0.05) is 20.8 Å². The first kappa shape index (κ1) is 15.5. The molecule has 0 spiro atoms. The van der Waals surface area contributed by atoms with Crippen molar-refractivity contribution < 1.29 is 0 Å². The van der Waals surface area contributed by atoms with E-state index in [0.29, 0.717) is 17.4 Å². The molecule has 1 aromatic rings. The summed E-state index contributed by atoms with van der Waals surface area (Å²) in [5, 5.41) is 5.31. The van der Waals surface area contributed by atoms with E-state index in [1.54, 1.807) is 4.88 Å². The molecule has 0 radical (unpaired) electrons. The van der Waals surface area contributed by atoms with E-state index < -0.39 is 0 Å². The lowest BCUT2D eigenvalue weighted by Gasteiger charge is -2.49. The smallest absolute Gasteiger partial charge is 0.114 e. The summed E-state index contributed by atoms with van der Waals surface area (Å²) in [4.78, 5) is 6.66. The van der Waals surface area contributed by atoms with Crippen LogP contribution < -0.4 is 5.32 Å². The minimum absolute atomic E-state index is 0.110. The summed E-state index contributed by atoms with van der Waals surface area (Å²) in [6.07, 6.45) is 7.57. The van der Waals surface area contributed by atoms with E-state index in [9.17, 15) is 0 Å². The van der Waals surface area contributed by atoms with Gasteiger partial charge in [0.2, 0.25) is 0 Å².